The predicted molar refractivity (Wildman–Crippen MR) is 63.6 cm³/mol. The molecule has 1 rings (SSSR count). The van der Waals surface area contributed by atoms with Gasteiger partial charge in [0.25, 0.3) is 0 Å². The molecule has 0 aliphatic heterocycles. The first-order chi connectivity index (χ1) is 7.06. The van der Waals surface area contributed by atoms with Crippen LogP contribution in [0.15, 0.2) is 0 Å². The largest absolute Gasteiger partial charge is 0.346 e. The third-order valence-corrected chi connectivity index (χ3v) is 3.91. The molecule has 2 nitrogen and oxygen atoms in total. The molecule has 0 radical (unpaired) electrons. The zero-order chi connectivity index (χ0) is 11.4. The Labute approximate surface area is 94.0 Å². The molecule has 1 fully saturated rings. The van der Waals surface area contributed by atoms with Gasteiger partial charge in [-0.25, -0.2) is 0 Å². The van der Waals surface area contributed by atoms with Gasteiger partial charge in [0.1, 0.15) is 0 Å². The second-order valence-electron chi connectivity index (χ2n) is 5.21. The van der Waals surface area contributed by atoms with E-state index in [2.05, 4.69) is 13.8 Å². The van der Waals surface area contributed by atoms with Crippen LogP contribution in [0.5, 0.6) is 0 Å². The van der Waals surface area contributed by atoms with Crippen molar-refractivity contribution in [2.45, 2.75) is 46.5 Å². The molecule has 0 N–H and O–H groups in total. The first-order valence-corrected chi connectivity index (χ1v) is 6.31. The minimum atomic E-state index is 0.310. The Morgan fingerprint density at radius 2 is 1.80 bits per heavy atom. The molecule has 1 aliphatic carbocycles. The van der Waals surface area contributed by atoms with E-state index in [-0.39, 0.29) is 0 Å². The van der Waals surface area contributed by atoms with Gasteiger partial charge in [0, 0.05) is 19.5 Å². The molecular weight excluding hydrogens is 186 g/mol. The minimum Gasteiger partial charge on any atom is -0.346 e. The van der Waals surface area contributed by atoms with Crippen molar-refractivity contribution in [3.05, 3.63) is 0 Å². The van der Waals surface area contributed by atoms with E-state index >= 15 is 0 Å². The molecule has 0 aromatic rings. The van der Waals surface area contributed by atoms with Crippen molar-refractivity contribution in [3.63, 3.8) is 0 Å². The molecule has 1 amide bonds. The monoisotopic (exact) mass is 211 g/mol. The van der Waals surface area contributed by atoms with Gasteiger partial charge in [-0.1, -0.05) is 13.8 Å². The maximum Gasteiger partial charge on any atom is 0.225 e. The van der Waals surface area contributed by atoms with Crippen molar-refractivity contribution < 1.29 is 4.79 Å². The van der Waals surface area contributed by atoms with Gasteiger partial charge in [-0.3, -0.25) is 4.79 Å². The highest BCUT2D eigenvalue weighted by molar-refractivity contribution is 5.78. The van der Waals surface area contributed by atoms with Crippen molar-refractivity contribution in [1.82, 2.24) is 4.90 Å². The van der Waals surface area contributed by atoms with Gasteiger partial charge in [-0.2, -0.15) is 0 Å². The van der Waals surface area contributed by atoms with Crippen molar-refractivity contribution in [3.8, 4) is 0 Å². The quantitative estimate of drug-likeness (QED) is 0.703. The average molecular weight is 211 g/mol. The van der Waals surface area contributed by atoms with Crippen LogP contribution in [-0.2, 0) is 4.79 Å². The van der Waals surface area contributed by atoms with E-state index in [1.54, 1.807) is 0 Å². The van der Waals surface area contributed by atoms with Gasteiger partial charge < -0.3 is 4.90 Å². The molecular formula is C13H25NO. The lowest BCUT2D eigenvalue weighted by Gasteiger charge is -2.32. The number of nitrogens with zero attached hydrogens (tertiary/aromatic N) is 1. The van der Waals surface area contributed by atoms with E-state index in [1.165, 1.54) is 12.8 Å². The zero-order valence-electron chi connectivity index (χ0n) is 10.6. The molecule has 0 saturated heterocycles. The van der Waals surface area contributed by atoms with Crippen LogP contribution in [-0.4, -0.2) is 24.4 Å². The summed E-state index contributed by atoms with van der Waals surface area (Å²) in [7, 11) is 1.91. The lowest BCUT2D eigenvalue weighted by atomic mass is 9.76. The molecule has 88 valence electrons. The van der Waals surface area contributed by atoms with Crippen LogP contribution in [0, 0.1) is 17.8 Å². The molecule has 0 unspecified atom stereocenters. The van der Waals surface area contributed by atoms with Crippen molar-refractivity contribution in [1.29, 1.82) is 0 Å². The third kappa shape index (κ3) is 3.22. The summed E-state index contributed by atoms with van der Waals surface area (Å²) in [6, 6.07) is 0. The number of rotatable bonds is 3. The molecule has 0 bridgehead atoms. The van der Waals surface area contributed by atoms with E-state index in [0.29, 0.717) is 11.8 Å². The average Bonchev–Trinajstić information content (AvgIpc) is 2.27. The minimum absolute atomic E-state index is 0.310. The van der Waals surface area contributed by atoms with Gasteiger partial charge >= 0.3 is 0 Å². The van der Waals surface area contributed by atoms with Crippen LogP contribution < -0.4 is 0 Å². The number of hydrogen-bond donors (Lipinski definition) is 0. The third-order valence-electron chi connectivity index (χ3n) is 3.91. The molecule has 0 aromatic carbocycles. The van der Waals surface area contributed by atoms with E-state index < -0.39 is 0 Å². The molecule has 1 aliphatic rings. The summed E-state index contributed by atoms with van der Waals surface area (Å²) in [5.41, 5.74) is 0. The molecule has 2 heteroatoms. The van der Waals surface area contributed by atoms with Crippen LogP contribution in [0.2, 0.25) is 0 Å². The predicted octanol–water partition coefficient (Wildman–Crippen LogP) is 2.93. The molecule has 15 heavy (non-hydrogen) atoms. The standard InChI is InChI=1S/C13H25NO/c1-5-14(4)13(15)12-8-6-11(7-9-12)10(2)3/h10-12H,5-9H2,1-4H3/t11-,12+. The summed E-state index contributed by atoms with van der Waals surface area (Å²) < 4.78 is 0. The second-order valence-corrected chi connectivity index (χ2v) is 5.21. The summed E-state index contributed by atoms with van der Waals surface area (Å²) >= 11 is 0. The molecule has 1 saturated carbocycles. The number of carbonyl (C=O) groups excluding carboxylic acids is 1. The summed E-state index contributed by atoms with van der Waals surface area (Å²) in [6.45, 7) is 7.47. The fourth-order valence-corrected chi connectivity index (χ4v) is 2.50. The Morgan fingerprint density at radius 1 is 1.27 bits per heavy atom. The van der Waals surface area contributed by atoms with E-state index in [0.717, 1.165) is 31.2 Å². The van der Waals surface area contributed by atoms with Gasteiger partial charge in [-0.15, -0.1) is 0 Å². The Morgan fingerprint density at radius 3 is 2.20 bits per heavy atom. The molecule has 0 aromatic heterocycles. The maximum absolute atomic E-state index is 11.9. The Bertz CT molecular complexity index is 205. The van der Waals surface area contributed by atoms with Crippen molar-refractivity contribution >= 4 is 5.91 Å². The molecule has 0 heterocycles. The normalized spacial score (nSPS) is 26.7. The lowest BCUT2D eigenvalue weighted by molar-refractivity contribution is -0.135. The van der Waals surface area contributed by atoms with Crippen LogP contribution in [0.1, 0.15) is 46.5 Å². The fraction of sp³-hybridized carbons (Fsp3) is 0.923. The van der Waals surface area contributed by atoms with Crippen molar-refractivity contribution in [2.24, 2.45) is 17.8 Å². The topological polar surface area (TPSA) is 20.3 Å². The molecule has 0 atom stereocenters. The highest BCUT2D eigenvalue weighted by Crippen LogP contribution is 2.33. The zero-order valence-corrected chi connectivity index (χ0v) is 10.6. The van der Waals surface area contributed by atoms with E-state index in [1.807, 2.05) is 18.9 Å². The SMILES string of the molecule is CCN(C)C(=O)[C@H]1CC[C@@H](C(C)C)CC1. The van der Waals surface area contributed by atoms with E-state index in [9.17, 15) is 4.79 Å². The summed E-state index contributed by atoms with van der Waals surface area (Å²) in [6.07, 6.45) is 4.69. The summed E-state index contributed by atoms with van der Waals surface area (Å²) in [4.78, 5) is 13.8. The first kappa shape index (κ1) is 12.5. The smallest absolute Gasteiger partial charge is 0.225 e. The van der Waals surface area contributed by atoms with Gasteiger partial charge in [0.15, 0.2) is 0 Å². The fourth-order valence-electron chi connectivity index (χ4n) is 2.50. The van der Waals surface area contributed by atoms with Crippen LogP contribution in [0.4, 0.5) is 0 Å². The maximum atomic E-state index is 11.9. The van der Waals surface area contributed by atoms with Crippen LogP contribution in [0.25, 0.3) is 0 Å². The molecule has 0 spiro atoms. The highest BCUT2D eigenvalue weighted by atomic mass is 16.2. The summed E-state index contributed by atoms with van der Waals surface area (Å²) in [5, 5.41) is 0. The Balaban J connectivity index is 2.40. The van der Waals surface area contributed by atoms with Crippen LogP contribution >= 0.6 is 0 Å². The van der Waals surface area contributed by atoms with Gasteiger partial charge in [0.2, 0.25) is 5.91 Å². The lowest BCUT2D eigenvalue weighted by Crippen LogP contribution is -2.35. The Kier molecular flexibility index (Phi) is 4.62. The van der Waals surface area contributed by atoms with Crippen LogP contribution in [0.3, 0.4) is 0 Å². The van der Waals surface area contributed by atoms with Gasteiger partial charge in [-0.05, 0) is 44.4 Å². The Hall–Kier alpha value is -0.530. The number of carbonyl (C=O) groups is 1. The summed E-state index contributed by atoms with van der Waals surface area (Å²) in [5.74, 6) is 2.30. The van der Waals surface area contributed by atoms with E-state index in [4.69, 9.17) is 0 Å². The van der Waals surface area contributed by atoms with Gasteiger partial charge in [0.05, 0.1) is 0 Å². The first-order valence-electron chi connectivity index (χ1n) is 6.31. The highest BCUT2D eigenvalue weighted by Gasteiger charge is 2.28. The second kappa shape index (κ2) is 5.53. The number of hydrogen-bond acceptors (Lipinski definition) is 1. The van der Waals surface area contributed by atoms with Crippen molar-refractivity contribution in [2.75, 3.05) is 13.6 Å². The number of amides is 1.